The molecule has 2 aliphatic rings. The fraction of sp³-hybridized carbons (Fsp3) is 0.611. The molecule has 2 aliphatic carbocycles. The van der Waals surface area contributed by atoms with Crippen LogP contribution >= 0.6 is 11.8 Å². The molecule has 0 saturated heterocycles. The van der Waals surface area contributed by atoms with Crippen molar-refractivity contribution < 1.29 is 4.79 Å². The number of carbonyl (C=O) groups is 1. The van der Waals surface area contributed by atoms with Crippen molar-refractivity contribution in [3.05, 3.63) is 29.8 Å². The lowest BCUT2D eigenvalue weighted by Gasteiger charge is -2.43. The molecule has 0 spiro atoms. The van der Waals surface area contributed by atoms with Crippen molar-refractivity contribution in [1.29, 1.82) is 0 Å². The van der Waals surface area contributed by atoms with Gasteiger partial charge in [0.25, 0.3) is 0 Å². The van der Waals surface area contributed by atoms with Crippen LogP contribution in [0.2, 0.25) is 0 Å². The number of thioether (sulfide) groups is 1. The predicted molar refractivity (Wildman–Crippen MR) is 93.8 cm³/mol. The van der Waals surface area contributed by atoms with Crippen LogP contribution in [0.5, 0.6) is 0 Å². The molecule has 3 rings (SSSR count). The highest BCUT2D eigenvalue weighted by molar-refractivity contribution is 7.97. The highest BCUT2D eigenvalue weighted by Gasteiger charge is 2.40. The summed E-state index contributed by atoms with van der Waals surface area (Å²) in [6.07, 6.45) is 7.71. The summed E-state index contributed by atoms with van der Waals surface area (Å²) in [5.74, 6) is 2.43. The molecule has 2 bridgehead atoms. The van der Waals surface area contributed by atoms with Crippen LogP contribution in [0.3, 0.4) is 0 Å². The van der Waals surface area contributed by atoms with Crippen LogP contribution in [-0.4, -0.2) is 18.2 Å². The van der Waals surface area contributed by atoms with Gasteiger partial charge < -0.3 is 11.1 Å². The first-order valence-electron chi connectivity index (χ1n) is 8.31. The minimum absolute atomic E-state index is 0.140. The van der Waals surface area contributed by atoms with Crippen LogP contribution in [-0.2, 0) is 10.5 Å². The topological polar surface area (TPSA) is 55.1 Å². The Morgan fingerprint density at radius 1 is 1.23 bits per heavy atom. The first-order valence-corrected chi connectivity index (χ1v) is 9.71. The Bertz CT molecular complexity index is 502. The molecule has 0 aliphatic heterocycles. The molecular formula is C18H26N2OS. The van der Waals surface area contributed by atoms with Gasteiger partial charge in [-0.3, -0.25) is 4.79 Å². The second kappa shape index (κ2) is 7.05. The maximum atomic E-state index is 12.6. The molecule has 1 amide bonds. The smallest absolute Gasteiger partial charge is 0.227 e. The number of hydrogen-bond donors (Lipinski definition) is 2. The van der Waals surface area contributed by atoms with Crippen molar-refractivity contribution in [3.63, 3.8) is 0 Å². The number of anilines is 1. The molecule has 22 heavy (non-hydrogen) atoms. The minimum atomic E-state index is 0.140. The summed E-state index contributed by atoms with van der Waals surface area (Å²) in [7, 11) is 0. The third kappa shape index (κ3) is 3.49. The van der Waals surface area contributed by atoms with E-state index in [0.29, 0.717) is 17.9 Å². The third-order valence-corrected chi connectivity index (χ3v) is 5.94. The molecule has 0 radical (unpaired) electrons. The zero-order valence-corrected chi connectivity index (χ0v) is 14.1. The molecule has 3 N–H and O–H groups in total. The van der Waals surface area contributed by atoms with Gasteiger partial charge in [0.1, 0.15) is 0 Å². The van der Waals surface area contributed by atoms with Gasteiger partial charge in [0, 0.05) is 23.4 Å². The molecule has 3 nitrogen and oxygen atoms in total. The largest absolute Gasteiger partial charge is 0.327 e. The summed E-state index contributed by atoms with van der Waals surface area (Å²) >= 11 is 1.81. The Morgan fingerprint density at radius 2 is 1.86 bits per heavy atom. The Labute approximate surface area is 137 Å². The highest BCUT2D eigenvalue weighted by Crippen LogP contribution is 2.42. The van der Waals surface area contributed by atoms with Gasteiger partial charge in [-0.25, -0.2) is 0 Å². The summed E-state index contributed by atoms with van der Waals surface area (Å²) in [6.45, 7) is 0. The molecule has 0 aromatic heterocycles. The van der Waals surface area contributed by atoms with Crippen molar-refractivity contribution in [2.75, 3.05) is 11.6 Å². The van der Waals surface area contributed by atoms with Crippen molar-refractivity contribution in [3.8, 4) is 0 Å². The fourth-order valence-electron chi connectivity index (χ4n) is 4.10. The monoisotopic (exact) mass is 318 g/mol. The van der Waals surface area contributed by atoms with Crippen LogP contribution in [0.1, 0.15) is 37.7 Å². The Hall–Kier alpha value is -1.00. The van der Waals surface area contributed by atoms with Gasteiger partial charge in [-0.05, 0) is 61.5 Å². The number of rotatable bonds is 4. The summed E-state index contributed by atoms with van der Waals surface area (Å²) < 4.78 is 0. The van der Waals surface area contributed by atoms with E-state index in [1.165, 1.54) is 24.8 Å². The maximum Gasteiger partial charge on any atom is 0.227 e. The molecule has 2 atom stereocenters. The van der Waals surface area contributed by atoms with Gasteiger partial charge in [0.15, 0.2) is 0 Å². The maximum absolute atomic E-state index is 12.6. The molecule has 2 saturated carbocycles. The lowest BCUT2D eigenvalue weighted by atomic mass is 9.65. The van der Waals surface area contributed by atoms with Crippen molar-refractivity contribution >= 4 is 23.4 Å². The van der Waals surface area contributed by atoms with E-state index in [9.17, 15) is 4.79 Å². The molecule has 1 aromatic rings. The van der Waals surface area contributed by atoms with Crippen LogP contribution in [0.25, 0.3) is 0 Å². The molecular weight excluding hydrogens is 292 g/mol. The van der Waals surface area contributed by atoms with E-state index >= 15 is 0 Å². The number of hydrogen-bond acceptors (Lipinski definition) is 3. The van der Waals surface area contributed by atoms with Crippen molar-refractivity contribution in [1.82, 2.24) is 0 Å². The summed E-state index contributed by atoms with van der Waals surface area (Å²) in [5, 5.41) is 3.10. The van der Waals surface area contributed by atoms with Crippen LogP contribution < -0.4 is 11.1 Å². The molecule has 1 aromatic carbocycles. The van der Waals surface area contributed by atoms with E-state index in [1.54, 1.807) is 0 Å². The summed E-state index contributed by atoms with van der Waals surface area (Å²) in [5.41, 5.74) is 8.52. The standard InChI is InChI=1S/C18H26N2OS/c1-22-11-12-5-7-16(8-6-12)20-18(21)15-9-13-3-2-4-14(10-15)17(13)19/h5-8,13-15,17H,2-4,9-11,19H2,1H3,(H,20,21). The average molecular weight is 318 g/mol. The number of nitrogens with one attached hydrogen (secondary N) is 1. The van der Waals surface area contributed by atoms with E-state index < -0.39 is 0 Å². The Morgan fingerprint density at radius 3 is 2.45 bits per heavy atom. The van der Waals surface area contributed by atoms with Crippen molar-refractivity contribution in [2.45, 2.75) is 43.9 Å². The summed E-state index contributed by atoms with van der Waals surface area (Å²) in [4.78, 5) is 12.6. The van der Waals surface area contributed by atoms with E-state index in [-0.39, 0.29) is 11.8 Å². The van der Waals surface area contributed by atoms with Gasteiger partial charge in [-0.1, -0.05) is 18.6 Å². The fourth-order valence-corrected chi connectivity index (χ4v) is 4.62. The molecule has 2 unspecified atom stereocenters. The third-order valence-electron chi connectivity index (χ3n) is 5.32. The SMILES string of the molecule is CSCc1ccc(NC(=O)C2CC3CCCC(C2)C3N)cc1. The highest BCUT2D eigenvalue weighted by atomic mass is 32.2. The first-order chi connectivity index (χ1) is 10.7. The van der Waals surface area contributed by atoms with E-state index in [4.69, 9.17) is 5.73 Å². The molecule has 0 heterocycles. The number of nitrogens with two attached hydrogens (primary N) is 1. The zero-order valence-electron chi connectivity index (χ0n) is 13.3. The van der Waals surface area contributed by atoms with Crippen molar-refractivity contribution in [2.24, 2.45) is 23.5 Å². The van der Waals surface area contributed by atoms with E-state index in [0.717, 1.165) is 24.3 Å². The number of benzene rings is 1. The zero-order chi connectivity index (χ0) is 15.5. The van der Waals surface area contributed by atoms with Crippen LogP contribution in [0.4, 0.5) is 5.69 Å². The van der Waals surface area contributed by atoms with Crippen LogP contribution in [0.15, 0.2) is 24.3 Å². The van der Waals surface area contributed by atoms with Gasteiger partial charge in [-0.2, -0.15) is 11.8 Å². The average Bonchev–Trinajstić information content (AvgIpc) is 2.49. The summed E-state index contributed by atoms with van der Waals surface area (Å²) in [6, 6.07) is 8.54. The van der Waals surface area contributed by atoms with E-state index in [2.05, 4.69) is 23.7 Å². The number of amides is 1. The number of carbonyl (C=O) groups excluding carboxylic acids is 1. The second-order valence-electron chi connectivity index (χ2n) is 6.82. The first kappa shape index (κ1) is 15.9. The predicted octanol–water partition coefficient (Wildman–Crippen LogP) is 3.64. The van der Waals surface area contributed by atoms with Gasteiger partial charge in [-0.15, -0.1) is 0 Å². The molecule has 2 fully saturated rings. The van der Waals surface area contributed by atoms with Gasteiger partial charge in [0.2, 0.25) is 5.91 Å². The number of fused-ring (bicyclic) bond motifs is 2. The lowest BCUT2D eigenvalue weighted by Crippen LogP contribution is -2.48. The van der Waals surface area contributed by atoms with Gasteiger partial charge in [0.05, 0.1) is 0 Å². The Balaban J connectivity index is 1.60. The quantitative estimate of drug-likeness (QED) is 0.891. The molecule has 4 heteroatoms. The lowest BCUT2D eigenvalue weighted by molar-refractivity contribution is -0.122. The second-order valence-corrected chi connectivity index (χ2v) is 7.68. The minimum Gasteiger partial charge on any atom is -0.327 e. The van der Waals surface area contributed by atoms with E-state index in [1.807, 2.05) is 23.9 Å². The molecule has 120 valence electrons. The van der Waals surface area contributed by atoms with Gasteiger partial charge >= 0.3 is 0 Å². The normalized spacial score (nSPS) is 30.8. The Kier molecular flexibility index (Phi) is 5.09. The van der Waals surface area contributed by atoms with Crippen LogP contribution in [0, 0.1) is 17.8 Å².